The first-order valence-electron chi connectivity index (χ1n) is 8.85. The van der Waals surface area contributed by atoms with E-state index >= 15 is 0 Å². The van der Waals surface area contributed by atoms with Crippen molar-refractivity contribution >= 4 is 10.0 Å². The Hall–Kier alpha value is -1.90. The Morgan fingerprint density at radius 1 is 1.38 bits per heavy atom. The number of fused-ring (bicyclic) bond motifs is 1. The minimum absolute atomic E-state index is 0.245. The summed E-state index contributed by atoms with van der Waals surface area (Å²) in [7, 11) is -3.57. The fourth-order valence-corrected chi connectivity index (χ4v) is 4.04. The molecule has 1 aliphatic rings. The lowest BCUT2D eigenvalue weighted by Gasteiger charge is -2.15. The highest BCUT2D eigenvalue weighted by Gasteiger charge is 2.18. The summed E-state index contributed by atoms with van der Waals surface area (Å²) in [6.07, 6.45) is 3.51. The third kappa shape index (κ3) is 4.25. The van der Waals surface area contributed by atoms with Crippen molar-refractivity contribution in [2.24, 2.45) is 0 Å². The number of hydrogen-bond acceptors (Lipinski definition) is 5. The number of nitrogens with zero attached hydrogens (tertiary/aromatic N) is 2. The number of aromatic nitrogens is 2. The maximum Gasteiger partial charge on any atom is 0.240 e. The van der Waals surface area contributed by atoms with E-state index < -0.39 is 10.0 Å². The van der Waals surface area contributed by atoms with Crippen LogP contribution >= 0.6 is 0 Å². The molecule has 0 amide bonds. The summed E-state index contributed by atoms with van der Waals surface area (Å²) in [6.45, 7) is 6.52. The SMILES string of the molecule is CCCOc1ccc(S(=O)(=O)NCCn2ncc3c2CCOC3)cc1C. The Balaban J connectivity index is 1.62. The molecule has 0 fully saturated rings. The Kier molecular flexibility index (Phi) is 5.95. The molecular weight excluding hydrogens is 354 g/mol. The quantitative estimate of drug-likeness (QED) is 0.759. The number of nitrogens with one attached hydrogen (secondary N) is 1. The Morgan fingerprint density at radius 3 is 3.00 bits per heavy atom. The molecule has 26 heavy (non-hydrogen) atoms. The molecule has 0 aliphatic carbocycles. The number of sulfonamides is 1. The van der Waals surface area contributed by atoms with Gasteiger partial charge in [0.25, 0.3) is 0 Å². The van der Waals surface area contributed by atoms with Gasteiger partial charge in [0.2, 0.25) is 10.0 Å². The highest BCUT2D eigenvalue weighted by Crippen LogP contribution is 2.22. The fraction of sp³-hybridized carbons (Fsp3) is 0.500. The molecule has 1 aromatic carbocycles. The molecule has 2 heterocycles. The average molecular weight is 379 g/mol. The molecule has 2 aromatic rings. The van der Waals surface area contributed by atoms with Crippen molar-refractivity contribution < 1.29 is 17.9 Å². The topological polar surface area (TPSA) is 82.5 Å². The summed E-state index contributed by atoms with van der Waals surface area (Å²) in [5, 5.41) is 4.33. The number of aryl methyl sites for hydroxylation is 1. The van der Waals surface area contributed by atoms with Gasteiger partial charge in [0.15, 0.2) is 0 Å². The second-order valence-electron chi connectivity index (χ2n) is 6.32. The van der Waals surface area contributed by atoms with Crippen LogP contribution in [0.3, 0.4) is 0 Å². The minimum Gasteiger partial charge on any atom is -0.493 e. The van der Waals surface area contributed by atoms with Gasteiger partial charge in [-0.05, 0) is 37.1 Å². The zero-order chi connectivity index (χ0) is 18.6. The molecule has 8 heteroatoms. The van der Waals surface area contributed by atoms with Crippen molar-refractivity contribution in [2.75, 3.05) is 19.8 Å². The first kappa shape index (κ1) is 18.9. The summed E-state index contributed by atoms with van der Waals surface area (Å²) < 4.78 is 40.6. The van der Waals surface area contributed by atoms with Gasteiger partial charge in [-0.2, -0.15) is 5.10 Å². The maximum atomic E-state index is 12.5. The van der Waals surface area contributed by atoms with Gasteiger partial charge in [0.1, 0.15) is 5.75 Å². The third-order valence-electron chi connectivity index (χ3n) is 4.31. The third-order valence-corrected chi connectivity index (χ3v) is 5.77. The molecule has 0 atom stereocenters. The molecule has 0 radical (unpaired) electrons. The van der Waals surface area contributed by atoms with E-state index in [9.17, 15) is 8.42 Å². The molecule has 0 spiro atoms. The molecule has 3 rings (SSSR count). The van der Waals surface area contributed by atoms with Crippen LogP contribution < -0.4 is 9.46 Å². The predicted octanol–water partition coefficient (Wildman–Crippen LogP) is 2.03. The minimum atomic E-state index is -3.57. The van der Waals surface area contributed by atoms with Crippen LogP contribution in [-0.4, -0.2) is 38.0 Å². The van der Waals surface area contributed by atoms with Gasteiger partial charge in [-0.25, -0.2) is 13.1 Å². The van der Waals surface area contributed by atoms with E-state index in [1.54, 1.807) is 24.4 Å². The summed E-state index contributed by atoms with van der Waals surface area (Å²) in [5.74, 6) is 0.719. The Morgan fingerprint density at radius 2 is 2.23 bits per heavy atom. The standard InChI is InChI=1S/C18H25N3O4S/c1-3-9-25-18-5-4-16(11-14(18)2)26(22,23)20-7-8-21-17-6-10-24-13-15(17)12-19-21/h4-5,11-12,20H,3,6-10,13H2,1-2H3. The Labute approximate surface area is 154 Å². The molecular formula is C18H25N3O4S. The van der Waals surface area contributed by atoms with Crippen molar-refractivity contribution in [1.29, 1.82) is 0 Å². The van der Waals surface area contributed by atoms with Crippen molar-refractivity contribution in [2.45, 2.75) is 44.7 Å². The van der Waals surface area contributed by atoms with Crippen LogP contribution in [0.4, 0.5) is 0 Å². The predicted molar refractivity (Wildman–Crippen MR) is 97.7 cm³/mol. The summed E-state index contributed by atoms with van der Waals surface area (Å²) in [6, 6.07) is 4.93. The molecule has 0 saturated heterocycles. The first-order chi connectivity index (χ1) is 12.5. The molecule has 0 saturated carbocycles. The van der Waals surface area contributed by atoms with Crippen molar-refractivity contribution in [1.82, 2.24) is 14.5 Å². The average Bonchev–Trinajstić information content (AvgIpc) is 3.04. The zero-order valence-corrected chi connectivity index (χ0v) is 16.0. The molecule has 1 N–H and O–H groups in total. The molecule has 1 aromatic heterocycles. The maximum absolute atomic E-state index is 12.5. The van der Waals surface area contributed by atoms with Gasteiger partial charge in [-0.3, -0.25) is 4.68 Å². The smallest absolute Gasteiger partial charge is 0.240 e. The first-order valence-corrected chi connectivity index (χ1v) is 10.3. The van der Waals surface area contributed by atoms with Crippen LogP contribution in [0.15, 0.2) is 29.3 Å². The van der Waals surface area contributed by atoms with Gasteiger partial charge < -0.3 is 9.47 Å². The lowest BCUT2D eigenvalue weighted by atomic mass is 10.2. The van der Waals surface area contributed by atoms with E-state index in [2.05, 4.69) is 9.82 Å². The molecule has 142 valence electrons. The highest BCUT2D eigenvalue weighted by molar-refractivity contribution is 7.89. The van der Waals surface area contributed by atoms with Gasteiger partial charge >= 0.3 is 0 Å². The summed E-state index contributed by atoms with van der Waals surface area (Å²) in [5.41, 5.74) is 3.02. The Bertz CT molecular complexity index is 861. The van der Waals surface area contributed by atoms with E-state index in [1.807, 2.05) is 18.5 Å². The number of ether oxygens (including phenoxy) is 2. The van der Waals surface area contributed by atoms with Crippen molar-refractivity contribution in [3.8, 4) is 5.75 Å². The van der Waals surface area contributed by atoms with Crippen LogP contribution in [0.2, 0.25) is 0 Å². The fourth-order valence-electron chi connectivity index (χ4n) is 2.94. The van der Waals surface area contributed by atoms with Crippen molar-refractivity contribution in [3.05, 3.63) is 41.2 Å². The van der Waals surface area contributed by atoms with Gasteiger partial charge in [0.05, 0.1) is 37.5 Å². The van der Waals surface area contributed by atoms with Gasteiger partial charge in [-0.1, -0.05) is 6.92 Å². The normalized spacial score (nSPS) is 14.2. The number of rotatable bonds is 8. The van der Waals surface area contributed by atoms with Crippen LogP contribution in [0.1, 0.15) is 30.2 Å². The van der Waals surface area contributed by atoms with E-state index in [-0.39, 0.29) is 11.4 Å². The summed E-state index contributed by atoms with van der Waals surface area (Å²) >= 11 is 0. The summed E-state index contributed by atoms with van der Waals surface area (Å²) in [4.78, 5) is 0.245. The molecule has 0 unspecified atom stereocenters. The van der Waals surface area contributed by atoms with E-state index in [0.717, 1.165) is 35.4 Å². The monoisotopic (exact) mass is 379 g/mol. The van der Waals surface area contributed by atoms with Gasteiger partial charge in [-0.15, -0.1) is 0 Å². The highest BCUT2D eigenvalue weighted by atomic mass is 32.2. The van der Waals surface area contributed by atoms with Crippen LogP contribution in [0.25, 0.3) is 0 Å². The second-order valence-corrected chi connectivity index (χ2v) is 8.08. The van der Waals surface area contributed by atoms with E-state index in [4.69, 9.17) is 9.47 Å². The van der Waals surface area contributed by atoms with Crippen LogP contribution in [-0.2, 0) is 34.3 Å². The zero-order valence-electron chi connectivity index (χ0n) is 15.2. The van der Waals surface area contributed by atoms with Crippen LogP contribution in [0.5, 0.6) is 5.75 Å². The lowest BCUT2D eigenvalue weighted by molar-refractivity contribution is 0.109. The van der Waals surface area contributed by atoms with Crippen molar-refractivity contribution in [3.63, 3.8) is 0 Å². The molecule has 7 nitrogen and oxygen atoms in total. The number of hydrogen-bond donors (Lipinski definition) is 1. The van der Waals surface area contributed by atoms with Gasteiger partial charge in [0, 0.05) is 24.2 Å². The lowest BCUT2D eigenvalue weighted by Crippen LogP contribution is -2.28. The molecule has 0 bridgehead atoms. The largest absolute Gasteiger partial charge is 0.493 e. The second kappa shape index (κ2) is 8.20. The van der Waals surface area contributed by atoms with Crippen LogP contribution in [0, 0.1) is 6.92 Å². The number of benzene rings is 1. The van der Waals surface area contributed by atoms with E-state index in [1.165, 1.54) is 0 Å². The van der Waals surface area contributed by atoms with E-state index in [0.29, 0.717) is 26.4 Å². The molecule has 1 aliphatic heterocycles.